The van der Waals surface area contributed by atoms with Gasteiger partial charge < -0.3 is 19.8 Å². The fourth-order valence-corrected chi connectivity index (χ4v) is 3.94. The van der Waals surface area contributed by atoms with E-state index in [-0.39, 0.29) is 5.92 Å². The van der Waals surface area contributed by atoms with Crippen LogP contribution >= 0.6 is 11.6 Å². The molecule has 1 unspecified atom stereocenters. The summed E-state index contributed by atoms with van der Waals surface area (Å²) in [4.78, 5) is 2.34. The number of aliphatic hydroxyl groups excluding tert-OH is 2. The summed E-state index contributed by atoms with van der Waals surface area (Å²) < 4.78 is 5.67. The zero-order valence-corrected chi connectivity index (χ0v) is 16.5. The summed E-state index contributed by atoms with van der Waals surface area (Å²) in [5, 5.41) is 20.4. The molecule has 1 saturated heterocycles. The number of nitrogens with zero attached hydrogens (tertiary/aromatic N) is 1. The minimum absolute atomic E-state index is 0.289. The zero-order chi connectivity index (χ0) is 19.1. The molecule has 4 nitrogen and oxygen atoms in total. The maximum Gasteiger partial charge on any atom is 0.111 e. The van der Waals surface area contributed by atoms with Crippen LogP contribution in [0.5, 0.6) is 0 Å². The van der Waals surface area contributed by atoms with Crippen LogP contribution in [0.1, 0.15) is 24.8 Å². The van der Waals surface area contributed by atoms with E-state index in [2.05, 4.69) is 17.0 Å². The first-order valence-corrected chi connectivity index (χ1v) is 10.3. The normalized spacial score (nSPS) is 22.6. The van der Waals surface area contributed by atoms with Crippen molar-refractivity contribution in [2.75, 3.05) is 32.8 Å². The largest absolute Gasteiger partial charge is 0.508 e. The van der Waals surface area contributed by atoms with Crippen molar-refractivity contribution < 1.29 is 14.9 Å². The minimum atomic E-state index is -0.450. The molecule has 1 heterocycles. The van der Waals surface area contributed by atoms with Gasteiger partial charge in [0.15, 0.2) is 0 Å². The highest BCUT2D eigenvalue weighted by Gasteiger charge is 2.21. The van der Waals surface area contributed by atoms with Gasteiger partial charge in [-0.2, -0.15) is 0 Å². The molecule has 1 aromatic rings. The van der Waals surface area contributed by atoms with Crippen LogP contribution in [0.3, 0.4) is 0 Å². The molecular weight excluding hydrogens is 362 g/mol. The maximum atomic E-state index is 10.3. The molecule has 0 aromatic heterocycles. The van der Waals surface area contributed by atoms with Crippen molar-refractivity contribution in [3.63, 3.8) is 0 Å². The summed E-state index contributed by atoms with van der Waals surface area (Å²) >= 11 is 5.95. The minimum Gasteiger partial charge on any atom is -0.508 e. The Morgan fingerprint density at radius 3 is 2.59 bits per heavy atom. The Bertz CT molecular complexity index is 635. The van der Waals surface area contributed by atoms with E-state index in [1.807, 2.05) is 18.2 Å². The molecule has 1 aliphatic carbocycles. The van der Waals surface area contributed by atoms with Crippen LogP contribution in [-0.2, 0) is 11.2 Å². The molecule has 0 amide bonds. The number of allylic oxidation sites excluding steroid dienone is 2. The molecule has 0 saturated carbocycles. The molecule has 1 aliphatic heterocycles. The Morgan fingerprint density at radius 2 is 1.93 bits per heavy atom. The average Bonchev–Trinajstić information content (AvgIpc) is 2.67. The van der Waals surface area contributed by atoms with E-state index in [0.29, 0.717) is 31.4 Å². The number of likely N-dealkylation sites (tertiary alicyclic amines) is 1. The second kappa shape index (κ2) is 10.3. The number of halogens is 1. The van der Waals surface area contributed by atoms with Crippen molar-refractivity contribution in [2.24, 2.45) is 11.8 Å². The summed E-state index contributed by atoms with van der Waals surface area (Å²) in [5.41, 5.74) is 1.35. The van der Waals surface area contributed by atoms with Gasteiger partial charge in [-0.05, 0) is 74.5 Å². The molecule has 0 spiro atoms. The van der Waals surface area contributed by atoms with Crippen LogP contribution in [0.25, 0.3) is 0 Å². The first-order valence-electron chi connectivity index (χ1n) is 9.88. The SMILES string of the molecule is OC1=CCC(COC[C@@H](O)CN2CCC(Cc3ccc(Cl)cc3)CC2)C=C1. The van der Waals surface area contributed by atoms with Crippen LogP contribution in [0.15, 0.2) is 48.3 Å². The highest BCUT2D eigenvalue weighted by Crippen LogP contribution is 2.23. The predicted octanol–water partition coefficient (Wildman–Crippen LogP) is 3.99. The molecule has 2 atom stereocenters. The topological polar surface area (TPSA) is 52.9 Å². The van der Waals surface area contributed by atoms with E-state index >= 15 is 0 Å². The van der Waals surface area contributed by atoms with Gasteiger partial charge in [0.25, 0.3) is 0 Å². The van der Waals surface area contributed by atoms with Gasteiger partial charge in [0.1, 0.15) is 5.76 Å². The molecule has 1 aromatic carbocycles. The van der Waals surface area contributed by atoms with Gasteiger partial charge in [-0.15, -0.1) is 0 Å². The first kappa shape index (κ1) is 20.4. The number of ether oxygens (including phenoxy) is 1. The molecule has 0 bridgehead atoms. The summed E-state index contributed by atoms with van der Waals surface area (Å²) in [6.45, 7) is 3.69. The molecule has 1 fully saturated rings. The molecule has 27 heavy (non-hydrogen) atoms. The Kier molecular flexibility index (Phi) is 7.77. The second-order valence-corrected chi connectivity index (χ2v) is 8.19. The van der Waals surface area contributed by atoms with E-state index < -0.39 is 6.10 Å². The van der Waals surface area contributed by atoms with Crippen LogP contribution < -0.4 is 0 Å². The number of hydrogen-bond donors (Lipinski definition) is 2. The van der Waals surface area contributed by atoms with Crippen molar-refractivity contribution in [3.8, 4) is 0 Å². The smallest absolute Gasteiger partial charge is 0.111 e. The van der Waals surface area contributed by atoms with Gasteiger partial charge >= 0.3 is 0 Å². The van der Waals surface area contributed by atoms with Gasteiger partial charge in [0, 0.05) is 17.5 Å². The maximum absolute atomic E-state index is 10.3. The van der Waals surface area contributed by atoms with Gasteiger partial charge in [0.2, 0.25) is 0 Å². The molecule has 148 valence electrons. The molecule has 0 radical (unpaired) electrons. The van der Waals surface area contributed by atoms with Crippen LogP contribution in [0, 0.1) is 11.8 Å². The standard InChI is InChI=1S/C22H30ClNO3/c23-20-5-1-17(2-6-20)13-18-9-11-24(12-10-18)14-22(26)16-27-15-19-3-7-21(25)8-4-19/h1-3,5-8,18-19,22,25-26H,4,9-16H2/t19?,22-/m0/s1. The molecular formula is C22H30ClNO3. The lowest BCUT2D eigenvalue weighted by Crippen LogP contribution is -2.40. The number of rotatable bonds is 8. The highest BCUT2D eigenvalue weighted by atomic mass is 35.5. The van der Waals surface area contributed by atoms with E-state index in [0.717, 1.165) is 31.0 Å². The number of β-amino-alcohol motifs (C(OH)–C–C–N with tert-alkyl or cyclic N) is 1. The van der Waals surface area contributed by atoms with Gasteiger partial charge in [-0.1, -0.05) is 29.8 Å². The van der Waals surface area contributed by atoms with Crippen molar-refractivity contribution >= 4 is 11.6 Å². The van der Waals surface area contributed by atoms with E-state index in [1.165, 1.54) is 18.4 Å². The summed E-state index contributed by atoms with van der Waals surface area (Å²) in [7, 11) is 0. The Labute approximate surface area is 167 Å². The summed E-state index contributed by atoms with van der Waals surface area (Å²) in [5.74, 6) is 1.32. The van der Waals surface area contributed by atoms with Gasteiger partial charge in [-0.25, -0.2) is 0 Å². The lowest BCUT2D eigenvalue weighted by Gasteiger charge is -2.33. The Morgan fingerprint density at radius 1 is 1.19 bits per heavy atom. The average molecular weight is 392 g/mol. The number of hydrogen-bond acceptors (Lipinski definition) is 4. The third kappa shape index (κ3) is 6.96. The fraction of sp³-hybridized carbons (Fsp3) is 0.545. The van der Waals surface area contributed by atoms with Crippen LogP contribution in [0.2, 0.25) is 5.02 Å². The van der Waals surface area contributed by atoms with Gasteiger partial charge in [-0.3, -0.25) is 0 Å². The van der Waals surface area contributed by atoms with E-state index in [1.54, 1.807) is 12.2 Å². The molecule has 3 rings (SSSR count). The molecule has 2 aliphatic rings. The van der Waals surface area contributed by atoms with Gasteiger partial charge in [0.05, 0.1) is 19.3 Å². The van der Waals surface area contributed by atoms with E-state index in [9.17, 15) is 10.2 Å². The fourth-order valence-electron chi connectivity index (χ4n) is 3.81. The third-order valence-corrected chi connectivity index (χ3v) is 5.68. The second-order valence-electron chi connectivity index (χ2n) is 7.75. The summed E-state index contributed by atoms with van der Waals surface area (Å²) in [6.07, 6.45) is 9.26. The van der Waals surface area contributed by atoms with Crippen molar-refractivity contribution in [1.82, 2.24) is 4.90 Å². The Hall–Kier alpha value is -1.33. The molecule has 2 N–H and O–H groups in total. The predicted molar refractivity (Wildman–Crippen MR) is 109 cm³/mol. The summed E-state index contributed by atoms with van der Waals surface area (Å²) in [6, 6.07) is 8.16. The Balaban J connectivity index is 1.29. The zero-order valence-electron chi connectivity index (χ0n) is 15.8. The lowest BCUT2D eigenvalue weighted by atomic mass is 9.90. The van der Waals surface area contributed by atoms with E-state index in [4.69, 9.17) is 16.3 Å². The van der Waals surface area contributed by atoms with Crippen molar-refractivity contribution in [2.45, 2.75) is 31.8 Å². The number of aliphatic hydroxyl groups is 2. The molecule has 5 heteroatoms. The quantitative estimate of drug-likeness (QED) is 0.703. The first-order chi connectivity index (χ1) is 13.1. The monoisotopic (exact) mass is 391 g/mol. The van der Waals surface area contributed by atoms with Crippen LogP contribution in [-0.4, -0.2) is 54.1 Å². The number of piperidine rings is 1. The van der Waals surface area contributed by atoms with Crippen molar-refractivity contribution in [3.05, 3.63) is 58.8 Å². The lowest BCUT2D eigenvalue weighted by molar-refractivity contribution is 0.00394. The number of benzene rings is 1. The van der Waals surface area contributed by atoms with Crippen LogP contribution in [0.4, 0.5) is 0 Å². The van der Waals surface area contributed by atoms with Crippen molar-refractivity contribution in [1.29, 1.82) is 0 Å². The third-order valence-electron chi connectivity index (χ3n) is 5.42. The highest BCUT2D eigenvalue weighted by molar-refractivity contribution is 6.30.